The third-order valence-electron chi connectivity index (χ3n) is 5.01. The molecule has 3 aromatic rings. The molecule has 29 heavy (non-hydrogen) atoms. The Bertz CT molecular complexity index is 1020. The maximum Gasteiger partial charge on any atom is 0.260 e. The number of nitriles is 1. The molecule has 0 aliphatic carbocycles. The molecule has 0 aliphatic rings. The summed E-state index contributed by atoms with van der Waals surface area (Å²) >= 11 is 1.48. The molecule has 0 unspecified atom stereocenters. The number of carbonyl (C=O) groups excluding carboxylic acids is 1. The van der Waals surface area contributed by atoms with Crippen LogP contribution >= 0.6 is 11.3 Å². The van der Waals surface area contributed by atoms with E-state index in [0.29, 0.717) is 22.8 Å². The molecule has 150 valence electrons. The van der Waals surface area contributed by atoms with E-state index in [2.05, 4.69) is 19.9 Å². The van der Waals surface area contributed by atoms with Crippen molar-refractivity contribution in [2.24, 2.45) is 0 Å². The highest BCUT2D eigenvalue weighted by molar-refractivity contribution is 7.22. The van der Waals surface area contributed by atoms with Crippen LogP contribution in [0, 0.1) is 11.3 Å². The Morgan fingerprint density at radius 3 is 2.55 bits per heavy atom. The fourth-order valence-corrected chi connectivity index (χ4v) is 4.15. The third-order valence-corrected chi connectivity index (χ3v) is 6.05. The van der Waals surface area contributed by atoms with Gasteiger partial charge in [0.1, 0.15) is 5.75 Å². The molecule has 0 radical (unpaired) electrons. The molecule has 1 amide bonds. The number of amides is 1. The predicted octanol–water partition coefficient (Wildman–Crippen LogP) is 2.75. The number of fused-ring (bicyclic) bond motifs is 1. The Hall–Kier alpha value is -2.95. The molecule has 0 fully saturated rings. The molecule has 0 atom stereocenters. The van der Waals surface area contributed by atoms with Crippen LogP contribution in [0.1, 0.15) is 29.8 Å². The Morgan fingerprint density at radius 1 is 1.21 bits per heavy atom. The molecule has 1 aromatic heterocycles. The molecule has 0 spiro atoms. The lowest BCUT2D eigenvalue weighted by Crippen LogP contribution is -3.12. The smallest absolute Gasteiger partial charge is 0.260 e. The molecule has 2 aromatic carbocycles. The van der Waals surface area contributed by atoms with E-state index >= 15 is 0 Å². The highest BCUT2D eigenvalue weighted by Crippen LogP contribution is 2.32. The number of thiazole rings is 1. The molecule has 3 rings (SSSR count). The zero-order valence-corrected chi connectivity index (χ0v) is 17.8. The van der Waals surface area contributed by atoms with Gasteiger partial charge in [0, 0.05) is 5.56 Å². The van der Waals surface area contributed by atoms with E-state index in [0.717, 1.165) is 35.6 Å². The summed E-state index contributed by atoms with van der Waals surface area (Å²) < 4.78 is 6.29. The number of likely N-dealkylation sites (N-methyl/N-ethyl adjacent to an activating group) is 1. The molecule has 7 heteroatoms. The van der Waals surface area contributed by atoms with E-state index in [9.17, 15) is 4.79 Å². The van der Waals surface area contributed by atoms with Gasteiger partial charge in [0.15, 0.2) is 5.13 Å². The van der Waals surface area contributed by atoms with Crippen molar-refractivity contribution in [3.05, 3.63) is 53.6 Å². The quantitative estimate of drug-likeness (QED) is 0.621. The Morgan fingerprint density at radius 2 is 1.93 bits per heavy atom. The molecule has 1 heterocycles. The number of anilines is 1. The Kier molecular flexibility index (Phi) is 6.81. The summed E-state index contributed by atoms with van der Waals surface area (Å²) in [5, 5.41) is 9.69. The van der Waals surface area contributed by atoms with Crippen molar-refractivity contribution in [1.29, 1.82) is 5.26 Å². The average molecular weight is 410 g/mol. The second-order valence-electron chi connectivity index (χ2n) is 6.68. The molecular weight excluding hydrogens is 384 g/mol. The lowest BCUT2D eigenvalue weighted by atomic mass is 10.1. The van der Waals surface area contributed by atoms with Gasteiger partial charge >= 0.3 is 0 Å². The van der Waals surface area contributed by atoms with Crippen LogP contribution < -0.4 is 14.5 Å². The van der Waals surface area contributed by atoms with Crippen molar-refractivity contribution in [2.45, 2.75) is 13.8 Å². The number of nitrogens with one attached hydrogen (secondary N) is 1. The second-order valence-corrected chi connectivity index (χ2v) is 7.69. The van der Waals surface area contributed by atoms with Crippen LogP contribution in [-0.2, 0) is 0 Å². The van der Waals surface area contributed by atoms with Gasteiger partial charge in [-0.05, 0) is 56.3 Å². The summed E-state index contributed by atoms with van der Waals surface area (Å²) in [6.07, 6.45) is 0. The van der Waals surface area contributed by atoms with Gasteiger partial charge in [0.05, 0.1) is 55.1 Å². The number of nitrogens with zero attached hydrogens (tertiary/aromatic N) is 3. The topological polar surface area (TPSA) is 70.7 Å². The maximum atomic E-state index is 13.3. The van der Waals surface area contributed by atoms with Crippen LogP contribution in [0.4, 0.5) is 5.13 Å². The number of hydrogen-bond acceptors (Lipinski definition) is 5. The highest BCUT2D eigenvalue weighted by atomic mass is 32.1. The van der Waals surface area contributed by atoms with Crippen LogP contribution in [0.15, 0.2) is 42.5 Å². The third kappa shape index (κ3) is 4.73. The normalized spacial score (nSPS) is 10.9. The maximum absolute atomic E-state index is 13.3. The van der Waals surface area contributed by atoms with E-state index in [1.807, 2.05) is 18.2 Å². The van der Waals surface area contributed by atoms with Crippen LogP contribution in [-0.4, -0.2) is 44.2 Å². The second kappa shape index (κ2) is 9.50. The molecule has 0 saturated carbocycles. The minimum Gasteiger partial charge on any atom is -0.497 e. The van der Waals surface area contributed by atoms with Gasteiger partial charge < -0.3 is 9.64 Å². The van der Waals surface area contributed by atoms with Crippen LogP contribution in [0.2, 0.25) is 0 Å². The predicted molar refractivity (Wildman–Crippen MR) is 116 cm³/mol. The number of hydrogen-bond donors (Lipinski definition) is 1. The van der Waals surface area contributed by atoms with E-state index in [-0.39, 0.29) is 5.91 Å². The molecule has 1 N–H and O–H groups in total. The van der Waals surface area contributed by atoms with E-state index in [1.165, 1.54) is 16.2 Å². The van der Waals surface area contributed by atoms with E-state index < -0.39 is 0 Å². The van der Waals surface area contributed by atoms with E-state index in [4.69, 9.17) is 15.0 Å². The first-order valence-corrected chi connectivity index (χ1v) is 10.5. The summed E-state index contributed by atoms with van der Waals surface area (Å²) in [6.45, 7) is 7.73. The van der Waals surface area contributed by atoms with Gasteiger partial charge in [-0.25, -0.2) is 4.98 Å². The number of quaternary nitrogens is 1. The lowest BCUT2D eigenvalue weighted by Gasteiger charge is -2.23. The van der Waals surface area contributed by atoms with Crippen LogP contribution in [0.3, 0.4) is 0 Å². The molecule has 6 nitrogen and oxygen atoms in total. The largest absolute Gasteiger partial charge is 0.497 e. The molecule has 0 bridgehead atoms. The summed E-state index contributed by atoms with van der Waals surface area (Å²) in [7, 11) is 1.64. The minimum absolute atomic E-state index is 0.105. The van der Waals surface area contributed by atoms with E-state index in [1.54, 1.807) is 36.3 Å². The van der Waals surface area contributed by atoms with Crippen molar-refractivity contribution in [1.82, 2.24) is 4.98 Å². The van der Waals surface area contributed by atoms with Gasteiger partial charge in [-0.15, -0.1) is 0 Å². The lowest BCUT2D eigenvalue weighted by molar-refractivity contribution is -0.894. The van der Waals surface area contributed by atoms with Crippen molar-refractivity contribution in [2.75, 3.05) is 38.2 Å². The standard InChI is InChI=1S/C22H24N4O2S/c1-4-25(5-2)12-13-26(21(27)17-8-6-16(15-23)7-9-17)22-24-19-11-10-18(28-3)14-20(19)29-22/h6-11,14H,4-5,12-13H2,1-3H3/p+1. The van der Waals surface area contributed by atoms with Gasteiger partial charge in [0.25, 0.3) is 5.91 Å². The summed E-state index contributed by atoms with van der Waals surface area (Å²) in [5.41, 5.74) is 1.93. The number of aromatic nitrogens is 1. The first kappa shape index (κ1) is 20.8. The fraction of sp³-hybridized carbons (Fsp3) is 0.318. The summed E-state index contributed by atoms with van der Waals surface area (Å²) in [5.74, 6) is 0.664. The number of ether oxygens (including phenoxy) is 1. The van der Waals surface area contributed by atoms with Gasteiger partial charge in [-0.1, -0.05) is 11.3 Å². The zero-order valence-electron chi connectivity index (χ0n) is 16.9. The van der Waals surface area contributed by atoms with Crippen LogP contribution in [0.5, 0.6) is 5.75 Å². The molecule has 0 aliphatic heterocycles. The summed E-state index contributed by atoms with van der Waals surface area (Å²) in [4.78, 5) is 21.2. The molecular formula is C22H25N4O2S+. The minimum atomic E-state index is -0.105. The number of rotatable bonds is 8. The van der Waals surface area contributed by atoms with Crippen LogP contribution in [0.25, 0.3) is 10.2 Å². The number of carbonyl (C=O) groups is 1. The van der Waals surface area contributed by atoms with Crippen molar-refractivity contribution >= 4 is 32.6 Å². The SMILES string of the molecule is CC[NH+](CC)CCN(C(=O)c1ccc(C#N)cc1)c1nc2ccc(OC)cc2s1. The molecule has 0 saturated heterocycles. The Labute approximate surface area is 175 Å². The van der Waals surface area contributed by atoms with Gasteiger partial charge in [-0.2, -0.15) is 5.26 Å². The number of benzene rings is 2. The van der Waals surface area contributed by atoms with Crippen molar-refractivity contribution in [3.8, 4) is 11.8 Å². The van der Waals surface area contributed by atoms with Gasteiger partial charge in [-0.3, -0.25) is 9.69 Å². The summed E-state index contributed by atoms with van der Waals surface area (Å²) in [6, 6.07) is 14.6. The van der Waals surface area contributed by atoms with Crippen molar-refractivity contribution < 1.29 is 14.4 Å². The van der Waals surface area contributed by atoms with Gasteiger partial charge in [0.2, 0.25) is 0 Å². The fourth-order valence-electron chi connectivity index (χ4n) is 3.14. The number of methoxy groups -OCH3 is 1. The highest BCUT2D eigenvalue weighted by Gasteiger charge is 2.23. The first-order valence-electron chi connectivity index (χ1n) is 9.69. The Balaban J connectivity index is 1.95. The zero-order chi connectivity index (χ0) is 20.8. The average Bonchev–Trinajstić information content (AvgIpc) is 3.19. The van der Waals surface area contributed by atoms with Crippen molar-refractivity contribution in [3.63, 3.8) is 0 Å². The first-order chi connectivity index (χ1) is 14.1. The monoisotopic (exact) mass is 409 g/mol.